The Balaban J connectivity index is 1.95. The first kappa shape index (κ1) is 15.3. The molecule has 1 heterocycles. The number of hydrogen-bond acceptors (Lipinski definition) is 4. The molecule has 1 unspecified atom stereocenters. The van der Waals surface area contributed by atoms with Crippen LogP contribution >= 0.6 is 0 Å². The number of amides is 2. The van der Waals surface area contributed by atoms with Crippen LogP contribution in [0.1, 0.15) is 18.9 Å². The van der Waals surface area contributed by atoms with Crippen LogP contribution in [0.2, 0.25) is 0 Å². The molecule has 0 bridgehead atoms. The van der Waals surface area contributed by atoms with Gasteiger partial charge in [-0.3, -0.25) is 9.59 Å². The van der Waals surface area contributed by atoms with E-state index >= 15 is 0 Å². The van der Waals surface area contributed by atoms with Gasteiger partial charge in [-0.1, -0.05) is 6.07 Å². The number of ether oxygens (including phenoxy) is 2. The first-order chi connectivity index (χ1) is 10.1. The summed E-state index contributed by atoms with van der Waals surface area (Å²) in [6.45, 7) is 2.59. The summed E-state index contributed by atoms with van der Waals surface area (Å²) < 4.78 is 10.5. The lowest BCUT2D eigenvalue weighted by molar-refractivity contribution is -0.127. The molecule has 114 valence electrons. The number of aryl methyl sites for hydroxylation is 1. The maximum Gasteiger partial charge on any atom is 0.260 e. The lowest BCUT2D eigenvalue weighted by Gasteiger charge is -2.19. The smallest absolute Gasteiger partial charge is 0.260 e. The highest BCUT2D eigenvalue weighted by molar-refractivity contribution is 5.94. The van der Waals surface area contributed by atoms with E-state index < -0.39 is 6.10 Å². The molecular formula is C15H20N2O4. The van der Waals surface area contributed by atoms with Crippen molar-refractivity contribution in [2.24, 2.45) is 0 Å². The van der Waals surface area contributed by atoms with Gasteiger partial charge in [-0.25, -0.2) is 0 Å². The van der Waals surface area contributed by atoms with E-state index in [0.717, 1.165) is 17.7 Å². The summed E-state index contributed by atoms with van der Waals surface area (Å²) in [6, 6.07) is 5.49. The highest BCUT2D eigenvalue weighted by Gasteiger charge is 2.18. The second-order valence-corrected chi connectivity index (χ2v) is 4.91. The maximum absolute atomic E-state index is 11.8. The predicted octanol–water partition coefficient (Wildman–Crippen LogP) is 1.10. The van der Waals surface area contributed by atoms with Gasteiger partial charge in [-0.05, 0) is 25.0 Å². The number of carbonyl (C=O) groups excluding carboxylic acids is 2. The highest BCUT2D eigenvalue weighted by atomic mass is 16.5. The molecule has 1 atom stereocenters. The Labute approximate surface area is 123 Å². The second kappa shape index (κ2) is 7.08. The van der Waals surface area contributed by atoms with E-state index in [4.69, 9.17) is 9.47 Å². The lowest BCUT2D eigenvalue weighted by atomic mass is 10.0. The third-order valence-electron chi connectivity index (χ3n) is 3.26. The number of benzene rings is 1. The molecule has 1 aromatic rings. The van der Waals surface area contributed by atoms with E-state index in [1.807, 2.05) is 12.1 Å². The minimum absolute atomic E-state index is 0.00464. The number of methoxy groups -OCH3 is 1. The molecule has 0 fully saturated rings. The summed E-state index contributed by atoms with van der Waals surface area (Å²) >= 11 is 0. The fourth-order valence-corrected chi connectivity index (χ4v) is 2.10. The van der Waals surface area contributed by atoms with Crippen molar-refractivity contribution in [2.75, 3.05) is 25.6 Å². The van der Waals surface area contributed by atoms with Gasteiger partial charge >= 0.3 is 0 Å². The molecule has 1 aromatic carbocycles. The van der Waals surface area contributed by atoms with Crippen molar-refractivity contribution in [3.63, 3.8) is 0 Å². The molecule has 1 aliphatic heterocycles. The monoisotopic (exact) mass is 292 g/mol. The van der Waals surface area contributed by atoms with Gasteiger partial charge in [0.15, 0.2) is 6.10 Å². The molecule has 2 amide bonds. The number of nitrogens with one attached hydrogen (secondary N) is 2. The summed E-state index contributed by atoms with van der Waals surface area (Å²) in [5.74, 6) is 0.365. The van der Waals surface area contributed by atoms with Crippen LogP contribution in [0.25, 0.3) is 0 Å². The second-order valence-electron chi connectivity index (χ2n) is 4.91. The van der Waals surface area contributed by atoms with Gasteiger partial charge in [0.25, 0.3) is 5.91 Å². The number of anilines is 1. The standard InChI is InChI=1S/C15H20N2O4/c1-10(15(19)16-7-8-20-2)21-12-5-3-11-4-6-14(18)17-13(11)9-12/h3,5,9-10H,4,6-8H2,1-2H3,(H,16,19)(H,17,18). The van der Waals surface area contributed by atoms with E-state index in [1.54, 1.807) is 20.1 Å². The average molecular weight is 292 g/mol. The molecule has 21 heavy (non-hydrogen) atoms. The molecule has 1 aliphatic rings. The zero-order chi connectivity index (χ0) is 15.2. The van der Waals surface area contributed by atoms with Crippen molar-refractivity contribution in [1.29, 1.82) is 0 Å². The van der Waals surface area contributed by atoms with Crippen LogP contribution in [0, 0.1) is 0 Å². The third kappa shape index (κ3) is 4.19. The number of fused-ring (bicyclic) bond motifs is 1. The van der Waals surface area contributed by atoms with Gasteiger partial charge < -0.3 is 20.1 Å². The highest BCUT2D eigenvalue weighted by Crippen LogP contribution is 2.27. The molecule has 0 aliphatic carbocycles. The maximum atomic E-state index is 11.8. The zero-order valence-corrected chi connectivity index (χ0v) is 12.3. The van der Waals surface area contributed by atoms with Crippen molar-refractivity contribution < 1.29 is 19.1 Å². The van der Waals surface area contributed by atoms with E-state index in [0.29, 0.717) is 25.3 Å². The number of carbonyl (C=O) groups is 2. The number of hydrogen-bond donors (Lipinski definition) is 2. The fourth-order valence-electron chi connectivity index (χ4n) is 2.10. The zero-order valence-electron chi connectivity index (χ0n) is 12.3. The van der Waals surface area contributed by atoms with Crippen LogP contribution in [-0.2, 0) is 20.7 Å². The summed E-state index contributed by atoms with van der Waals surface area (Å²) in [4.78, 5) is 23.2. The minimum atomic E-state index is -0.612. The average Bonchev–Trinajstić information content (AvgIpc) is 2.46. The predicted molar refractivity (Wildman–Crippen MR) is 78.4 cm³/mol. The van der Waals surface area contributed by atoms with Crippen LogP contribution in [0.3, 0.4) is 0 Å². The molecule has 0 radical (unpaired) electrons. The van der Waals surface area contributed by atoms with Crippen LogP contribution in [0.4, 0.5) is 5.69 Å². The molecule has 6 heteroatoms. The molecule has 6 nitrogen and oxygen atoms in total. The van der Waals surface area contributed by atoms with Gasteiger partial charge in [0.05, 0.1) is 6.61 Å². The van der Waals surface area contributed by atoms with Crippen LogP contribution in [-0.4, -0.2) is 38.2 Å². The molecule has 0 spiro atoms. The Morgan fingerprint density at radius 3 is 3.00 bits per heavy atom. The molecule has 0 saturated carbocycles. The Hall–Kier alpha value is -2.08. The SMILES string of the molecule is COCCNC(=O)C(C)Oc1ccc2c(c1)NC(=O)CC2. The Morgan fingerprint density at radius 2 is 2.24 bits per heavy atom. The molecule has 0 saturated heterocycles. The molecule has 2 rings (SSSR count). The van der Waals surface area contributed by atoms with E-state index in [2.05, 4.69) is 10.6 Å². The summed E-state index contributed by atoms with van der Waals surface area (Å²) in [5.41, 5.74) is 1.84. The Morgan fingerprint density at radius 1 is 1.43 bits per heavy atom. The van der Waals surface area contributed by atoms with E-state index in [9.17, 15) is 9.59 Å². The molecule has 2 N–H and O–H groups in total. The lowest BCUT2D eigenvalue weighted by Crippen LogP contribution is -2.37. The summed E-state index contributed by atoms with van der Waals surface area (Å²) in [7, 11) is 1.58. The van der Waals surface area contributed by atoms with Crippen molar-refractivity contribution in [1.82, 2.24) is 5.32 Å². The van der Waals surface area contributed by atoms with E-state index in [-0.39, 0.29) is 11.8 Å². The molecular weight excluding hydrogens is 272 g/mol. The van der Waals surface area contributed by atoms with E-state index in [1.165, 1.54) is 0 Å². The quantitative estimate of drug-likeness (QED) is 0.770. The van der Waals surface area contributed by atoms with Crippen LogP contribution in [0.5, 0.6) is 5.75 Å². The Bertz CT molecular complexity index is 530. The first-order valence-electron chi connectivity index (χ1n) is 6.96. The van der Waals surface area contributed by atoms with Crippen molar-refractivity contribution >= 4 is 17.5 Å². The van der Waals surface area contributed by atoms with Gasteiger partial charge in [-0.15, -0.1) is 0 Å². The molecule has 0 aromatic heterocycles. The largest absolute Gasteiger partial charge is 0.481 e. The van der Waals surface area contributed by atoms with Crippen molar-refractivity contribution in [2.45, 2.75) is 25.9 Å². The minimum Gasteiger partial charge on any atom is -0.481 e. The van der Waals surface area contributed by atoms with Gasteiger partial charge in [0, 0.05) is 31.8 Å². The topological polar surface area (TPSA) is 76.7 Å². The summed E-state index contributed by atoms with van der Waals surface area (Å²) in [6.07, 6.45) is 0.624. The number of rotatable bonds is 6. The Kier molecular flexibility index (Phi) is 5.16. The van der Waals surface area contributed by atoms with Gasteiger partial charge in [0.1, 0.15) is 5.75 Å². The van der Waals surface area contributed by atoms with Gasteiger partial charge in [-0.2, -0.15) is 0 Å². The first-order valence-corrected chi connectivity index (χ1v) is 6.96. The summed E-state index contributed by atoms with van der Waals surface area (Å²) in [5, 5.41) is 5.52. The van der Waals surface area contributed by atoms with Crippen molar-refractivity contribution in [3.8, 4) is 5.75 Å². The third-order valence-corrected chi connectivity index (χ3v) is 3.26. The normalized spacial score (nSPS) is 14.9. The van der Waals surface area contributed by atoms with Crippen LogP contribution < -0.4 is 15.4 Å². The fraction of sp³-hybridized carbons (Fsp3) is 0.467. The van der Waals surface area contributed by atoms with Crippen molar-refractivity contribution in [3.05, 3.63) is 23.8 Å². The van der Waals surface area contributed by atoms with Gasteiger partial charge in [0.2, 0.25) is 5.91 Å². The van der Waals surface area contributed by atoms with Crippen LogP contribution in [0.15, 0.2) is 18.2 Å².